The minimum atomic E-state index is -2.88. The first-order valence-electron chi connectivity index (χ1n) is 10.2. The van der Waals surface area contributed by atoms with Crippen LogP contribution in [0.25, 0.3) is 21.5 Å². The number of hydrogen-bond donors (Lipinski definition) is 2. The van der Waals surface area contributed by atoms with E-state index in [1.807, 2.05) is 0 Å². The van der Waals surface area contributed by atoms with Gasteiger partial charge in [0.2, 0.25) is 5.91 Å². The molecule has 0 aliphatic carbocycles. The molecule has 11 nitrogen and oxygen atoms in total. The summed E-state index contributed by atoms with van der Waals surface area (Å²) in [7, 11) is 0. The first-order chi connectivity index (χ1) is 16.6. The number of thiophene rings is 1. The molecule has 182 valence electrons. The number of hydrogen-bond acceptors (Lipinski definition) is 8. The number of rotatable bonds is 8. The fourth-order valence-corrected chi connectivity index (χ4v) is 4.74. The molecule has 0 atom stereocenters. The second-order valence-corrected chi connectivity index (χ2v) is 8.52. The normalized spacial score (nSPS) is 11.3. The van der Waals surface area contributed by atoms with E-state index in [-0.39, 0.29) is 56.5 Å². The Labute approximate surface area is 199 Å². The SMILES string of the molecule is Cc1nn(CCC(=O)Nc2c(C(N)=O)sc3nc(C(F)F)cc(-c4ccco4)c23)c(C)c1[N+](=O)[O-]. The number of nitro groups is 1. The molecule has 2 amide bonds. The van der Waals surface area contributed by atoms with Crippen LogP contribution < -0.4 is 11.1 Å². The highest BCUT2D eigenvalue weighted by molar-refractivity contribution is 7.21. The van der Waals surface area contributed by atoms with Crippen molar-refractivity contribution in [3.05, 3.63) is 56.5 Å². The fraction of sp³-hybridized carbons (Fsp3) is 0.238. The second kappa shape index (κ2) is 9.21. The third-order valence-corrected chi connectivity index (χ3v) is 6.36. The minimum Gasteiger partial charge on any atom is -0.464 e. The zero-order valence-corrected chi connectivity index (χ0v) is 19.2. The van der Waals surface area contributed by atoms with Crippen molar-refractivity contribution in [2.75, 3.05) is 5.32 Å². The Morgan fingerprint density at radius 2 is 2.11 bits per heavy atom. The van der Waals surface area contributed by atoms with E-state index >= 15 is 0 Å². The van der Waals surface area contributed by atoms with E-state index in [4.69, 9.17) is 10.2 Å². The molecule has 0 aliphatic heterocycles. The number of fused-ring (bicyclic) bond motifs is 1. The molecule has 4 rings (SSSR count). The molecule has 0 unspecified atom stereocenters. The molecule has 0 aliphatic rings. The van der Waals surface area contributed by atoms with Gasteiger partial charge in [-0.05, 0) is 32.0 Å². The van der Waals surface area contributed by atoms with Gasteiger partial charge < -0.3 is 15.5 Å². The van der Waals surface area contributed by atoms with Crippen LogP contribution in [0.15, 0.2) is 28.9 Å². The lowest BCUT2D eigenvalue weighted by atomic mass is 10.1. The van der Waals surface area contributed by atoms with Crippen molar-refractivity contribution in [3.8, 4) is 11.3 Å². The van der Waals surface area contributed by atoms with Gasteiger partial charge in [0, 0.05) is 17.4 Å². The maximum Gasteiger partial charge on any atom is 0.312 e. The lowest BCUT2D eigenvalue weighted by Crippen LogP contribution is -2.18. The zero-order chi connectivity index (χ0) is 25.4. The number of anilines is 1. The van der Waals surface area contributed by atoms with Crippen molar-refractivity contribution in [1.29, 1.82) is 0 Å². The summed E-state index contributed by atoms with van der Waals surface area (Å²) >= 11 is 0.775. The van der Waals surface area contributed by atoms with Gasteiger partial charge in [0.1, 0.15) is 32.5 Å². The number of halogens is 2. The predicted octanol–water partition coefficient (Wildman–Crippen LogP) is 4.34. The number of nitrogens with two attached hydrogens (primary N) is 1. The molecule has 4 aromatic rings. The molecule has 0 fully saturated rings. The van der Waals surface area contributed by atoms with Gasteiger partial charge in [-0.1, -0.05) is 0 Å². The number of nitrogens with one attached hydrogen (secondary N) is 1. The number of primary amides is 1. The van der Waals surface area contributed by atoms with Crippen LogP contribution in [0.5, 0.6) is 0 Å². The molecule has 3 N–H and O–H groups in total. The standard InChI is InChI=1S/C21H18F2N6O5S/c1-9-17(29(32)33)10(2)28(27-9)6-5-14(30)26-16-15-11(13-4-3-7-34-13)8-12(19(22)23)25-21(15)35-18(16)20(24)31/h3-4,7-8,19H,5-6H2,1-2H3,(H2,24,31)(H,26,30). The molecular formula is C21H18F2N6O5S. The number of furan rings is 1. The van der Waals surface area contributed by atoms with Crippen molar-refractivity contribution >= 4 is 44.7 Å². The van der Waals surface area contributed by atoms with Crippen LogP contribution in [-0.2, 0) is 11.3 Å². The maximum absolute atomic E-state index is 13.5. The summed E-state index contributed by atoms with van der Waals surface area (Å²) in [6.07, 6.45) is -1.67. The van der Waals surface area contributed by atoms with Crippen LogP contribution in [0.4, 0.5) is 20.2 Å². The number of carbonyl (C=O) groups excluding carboxylic acids is 2. The predicted molar refractivity (Wildman–Crippen MR) is 122 cm³/mol. The molecule has 0 spiro atoms. The van der Waals surface area contributed by atoms with Gasteiger partial charge in [-0.2, -0.15) is 5.10 Å². The summed E-state index contributed by atoms with van der Waals surface area (Å²) in [5, 5.41) is 18.2. The first kappa shape index (κ1) is 23.9. The van der Waals surface area contributed by atoms with Crippen LogP contribution >= 0.6 is 11.3 Å². The van der Waals surface area contributed by atoms with Crippen LogP contribution in [0, 0.1) is 24.0 Å². The van der Waals surface area contributed by atoms with Gasteiger partial charge in [0.05, 0.1) is 23.4 Å². The monoisotopic (exact) mass is 504 g/mol. The van der Waals surface area contributed by atoms with E-state index in [9.17, 15) is 28.5 Å². The number of alkyl halides is 2. The Morgan fingerprint density at radius 3 is 2.69 bits per heavy atom. The number of pyridine rings is 1. The van der Waals surface area contributed by atoms with Crippen molar-refractivity contribution in [1.82, 2.24) is 14.8 Å². The molecule has 4 heterocycles. The van der Waals surface area contributed by atoms with Gasteiger partial charge in [0.25, 0.3) is 12.3 Å². The summed E-state index contributed by atoms with van der Waals surface area (Å²) in [6.45, 7) is 3.05. The number of carbonyl (C=O) groups is 2. The lowest BCUT2D eigenvalue weighted by molar-refractivity contribution is -0.386. The lowest BCUT2D eigenvalue weighted by Gasteiger charge is -2.10. The van der Waals surface area contributed by atoms with Crippen molar-refractivity contribution in [2.24, 2.45) is 5.73 Å². The Morgan fingerprint density at radius 1 is 1.37 bits per heavy atom. The van der Waals surface area contributed by atoms with Crippen molar-refractivity contribution in [3.63, 3.8) is 0 Å². The molecule has 35 heavy (non-hydrogen) atoms. The van der Waals surface area contributed by atoms with Crippen molar-refractivity contribution < 1.29 is 27.7 Å². The Bertz CT molecular complexity index is 1460. The molecule has 0 bridgehead atoms. The van der Waals surface area contributed by atoms with Gasteiger partial charge >= 0.3 is 5.69 Å². The van der Waals surface area contributed by atoms with Crippen LogP contribution in [-0.4, -0.2) is 31.5 Å². The van der Waals surface area contributed by atoms with E-state index < -0.39 is 28.9 Å². The highest BCUT2D eigenvalue weighted by Gasteiger charge is 2.26. The largest absolute Gasteiger partial charge is 0.464 e. The number of aromatic nitrogens is 3. The Hall–Kier alpha value is -4.20. The van der Waals surface area contributed by atoms with Crippen LogP contribution in [0.1, 0.15) is 39.6 Å². The zero-order valence-electron chi connectivity index (χ0n) is 18.4. The quantitative estimate of drug-likeness (QED) is 0.267. The third kappa shape index (κ3) is 4.47. The average Bonchev–Trinajstić information content (AvgIpc) is 3.50. The van der Waals surface area contributed by atoms with E-state index in [0.717, 1.165) is 17.4 Å². The second-order valence-electron chi connectivity index (χ2n) is 7.52. The molecular weight excluding hydrogens is 486 g/mol. The number of nitrogens with zero attached hydrogens (tertiary/aromatic N) is 4. The smallest absolute Gasteiger partial charge is 0.312 e. The highest BCUT2D eigenvalue weighted by atomic mass is 32.1. The van der Waals surface area contributed by atoms with Crippen LogP contribution in [0.3, 0.4) is 0 Å². The highest BCUT2D eigenvalue weighted by Crippen LogP contribution is 2.42. The number of amides is 2. The van der Waals surface area contributed by atoms with Gasteiger partial charge in [-0.3, -0.25) is 24.4 Å². The third-order valence-electron chi connectivity index (χ3n) is 5.26. The van der Waals surface area contributed by atoms with E-state index in [1.165, 1.54) is 24.8 Å². The fourth-order valence-electron chi connectivity index (χ4n) is 3.73. The summed E-state index contributed by atoms with van der Waals surface area (Å²) in [5.74, 6) is -1.19. The van der Waals surface area contributed by atoms with E-state index in [2.05, 4.69) is 15.4 Å². The Balaban J connectivity index is 1.71. The average molecular weight is 504 g/mol. The van der Waals surface area contributed by atoms with E-state index in [0.29, 0.717) is 5.69 Å². The molecule has 0 radical (unpaired) electrons. The van der Waals surface area contributed by atoms with Crippen LogP contribution in [0.2, 0.25) is 0 Å². The maximum atomic E-state index is 13.5. The summed E-state index contributed by atoms with van der Waals surface area (Å²) in [4.78, 5) is 39.5. The number of aryl methyl sites for hydroxylation is 2. The van der Waals surface area contributed by atoms with Gasteiger partial charge in [-0.25, -0.2) is 13.8 Å². The molecule has 4 aromatic heterocycles. The molecule has 0 aromatic carbocycles. The van der Waals surface area contributed by atoms with Crippen molar-refractivity contribution in [2.45, 2.75) is 33.2 Å². The summed E-state index contributed by atoms with van der Waals surface area (Å²) in [5.41, 5.74) is 5.60. The first-order valence-corrected chi connectivity index (χ1v) is 11.0. The van der Waals surface area contributed by atoms with E-state index in [1.54, 1.807) is 12.1 Å². The topological polar surface area (TPSA) is 159 Å². The molecule has 14 heteroatoms. The van der Waals surface area contributed by atoms with Gasteiger partial charge in [0.15, 0.2) is 0 Å². The Kier molecular flexibility index (Phi) is 6.30. The minimum absolute atomic E-state index is 0.0269. The summed E-state index contributed by atoms with van der Waals surface area (Å²) < 4.78 is 33.7. The molecule has 0 saturated carbocycles. The van der Waals surface area contributed by atoms with Gasteiger partial charge in [-0.15, -0.1) is 11.3 Å². The summed E-state index contributed by atoms with van der Waals surface area (Å²) in [6, 6.07) is 4.25. The molecule has 0 saturated heterocycles.